The molecule has 1 unspecified atom stereocenters. The van der Waals surface area contributed by atoms with Crippen LogP contribution in [0.2, 0.25) is 0 Å². The summed E-state index contributed by atoms with van der Waals surface area (Å²) in [4.78, 5) is 14.5. The van der Waals surface area contributed by atoms with Crippen LogP contribution in [0.4, 0.5) is 0 Å². The van der Waals surface area contributed by atoms with Crippen molar-refractivity contribution < 1.29 is 9.90 Å². The quantitative estimate of drug-likeness (QED) is 0.940. The van der Waals surface area contributed by atoms with E-state index in [0.717, 1.165) is 30.5 Å². The second kappa shape index (κ2) is 6.96. The number of hydrogen-bond donors (Lipinski definition) is 1. The van der Waals surface area contributed by atoms with Crippen LogP contribution < -0.4 is 0 Å². The van der Waals surface area contributed by atoms with Crippen molar-refractivity contribution in [1.29, 1.82) is 0 Å². The van der Waals surface area contributed by atoms with Crippen molar-refractivity contribution in [3.8, 4) is 0 Å². The number of β-amino-alcohol motifs (C(OH)–C–C–N with tert-alkyl or cyclic N) is 1. The number of benzene rings is 1. The molecule has 0 saturated carbocycles. The van der Waals surface area contributed by atoms with E-state index < -0.39 is 6.10 Å². The minimum atomic E-state index is -0.405. The van der Waals surface area contributed by atoms with Crippen molar-refractivity contribution in [2.45, 2.75) is 38.8 Å². The summed E-state index contributed by atoms with van der Waals surface area (Å²) in [5, 5.41) is 14.2. The number of piperidine rings is 1. The van der Waals surface area contributed by atoms with Crippen LogP contribution in [-0.2, 0) is 13.0 Å². The maximum Gasteiger partial charge on any atom is 0.257 e. The van der Waals surface area contributed by atoms with Crippen LogP contribution >= 0.6 is 0 Å². The Bertz CT molecular complexity index is 666. The maximum atomic E-state index is 12.8. The summed E-state index contributed by atoms with van der Waals surface area (Å²) in [6.07, 6.45) is 3.65. The average molecular weight is 313 g/mol. The van der Waals surface area contributed by atoms with Gasteiger partial charge >= 0.3 is 0 Å². The molecule has 1 saturated heterocycles. The predicted molar refractivity (Wildman–Crippen MR) is 88.3 cm³/mol. The van der Waals surface area contributed by atoms with Gasteiger partial charge in [0, 0.05) is 13.1 Å². The lowest BCUT2D eigenvalue weighted by Crippen LogP contribution is -2.42. The summed E-state index contributed by atoms with van der Waals surface area (Å²) in [6, 6.07) is 10.1. The van der Waals surface area contributed by atoms with E-state index >= 15 is 0 Å². The standard InChI is InChI=1S/C18H23N3O2/c1-2-17-16(18(23)20-10-6-9-15(22)13-20)11-19-21(17)12-14-7-4-3-5-8-14/h3-5,7-8,11,15,22H,2,6,9-10,12-13H2,1H3. The number of carbonyl (C=O) groups excluding carboxylic acids is 1. The molecule has 1 aromatic carbocycles. The molecule has 2 heterocycles. The fourth-order valence-corrected chi connectivity index (χ4v) is 3.16. The highest BCUT2D eigenvalue weighted by atomic mass is 16.3. The van der Waals surface area contributed by atoms with Gasteiger partial charge in [0.05, 0.1) is 30.1 Å². The van der Waals surface area contributed by atoms with Gasteiger partial charge in [-0.25, -0.2) is 0 Å². The Morgan fingerprint density at radius 2 is 2.13 bits per heavy atom. The fourth-order valence-electron chi connectivity index (χ4n) is 3.16. The number of likely N-dealkylation sites (tertiary alicyclic amines) is 1. The molecule has 1 atom stereocenters. The van der Waals surface area contributed by atoms with Gasteiger partial charge in [0.1, 0.15) is 0 Å². The van der Waals surface area contributed by atoms with Crippen molar-refractivity contribution in [3.05, 3.63) is 53.3 Å². The number of rotatable bonds is 4. The Kier molecular flexibility index (Phi) is 4.76. The molecule has 1 amide bonds. The van der Waals surface area contributed by atoms with E-state index in [-0.39, 0.29) is 5.91 Å². The van der Waals surface area contributed by atoms with Crippen molar-refractivity contribution in [1.82, 2.24) is 14.7 Å². The van der Waals surface area contributed by atoms with Crippen molar-refractivity contribution in [2.75, 3.05) is 13.1 Å². The number of hydrogen-bond acceptors (Lipinski definition) is 3. The van der Waals surface area contributed by atoms with E-state index in [0.29, 0.717) is 25.2 Å². The van der Waals surface area contributed by atoms with E-state index in [1.807, 2.05) is 29.8 Å². The lowest BCUT2D eigenvalue weighted by atomic mass is 10.1. The van der Waals surface area contributed by atoms with E-state index in [1.165, 1.54) is 0 Å². The number of aliphatic hydroxyl groups is 1. The largest absolute Gasteiger partial charge is 0.391 e. The van der Waals surface area contributed by atoms with Gasteiger partial charge in [0.25, 0.3) is 5.91 Å². The number of aliphatic hydroxyl groups excluding tert-OH is 1. The lowest BCUT2D eigenvalue weighted by Gasteiger charge is -2.30. The summed E-state index contributed by atoms with van der Waals surface area (Å²) < 4.78 is 1.91. The molecule has 0 spiro atoms. The molecule has 0 bridgehead atoms. The molecule has 1 fully saturated rings. The highest BCUT2D eigenvalue weighted by Crippen LogP contribution is 2.18. The SMILES string of the molecule is CCc1c(C(=O)N2CCCC(O)C2)cnn1Cc1ccccc1. The first-order valence-electron chi connectivity index (χ1n) is 8.25. The third-order valence-corrected chi connectivity index (χ3v) is 4.37. The molecule has 0 aliphatic carbocycles. The molecule has 3 rings (SSSR count). The highest BCUT2D eigenvalue weighted by Gasteiger charge is 2.26. The van der Waals surface area contributed by atoms with Crippen molar-refractivity contribution in [2.24, 2.45) is 0 Å². The zero-order valence-corrected chi connectivity index (χ0v) is 13.5. The molecule has 1 aliphatic rings. The predicted octanol–water partition coefficient (Wildman–Crippen LogP) is 2.09. The molecule has 0 radical (unpaired) electrons. The van der Waals surface area contributed by atoms with Crippen LogP contribution in [0.1, 0.15) is 41.4 Å². The number of amides is 1. The first kappa shape index (κ1) is 15.7. The van der Waals surface area contributed by atoms with E-state index in [4.69, 9.17) is 0 Å². The van der Waals surface area contributed by atoms with E-state index in [1.54, 1.807) is 11.1 Å². The molecule has 5 nitrogen and oxygen atoms in total. The number of nitrogens with zero attached hydrogens (tertiary/aromatic N) is 3. The molecule has 5 heteroatoms. The van der Waals surface area contributed by atoms with E-state index in [9.17, 15) is 9.90 Å². The second-order valence-corrected chi connectivity index (χ2v) is 6.05. The van der Waals surface area contributed by atoms with Crippen LogP contribution in [0, 0.1) is 0 Å². The Morgan fingerprint density at radius 1 is 1.35 bits per heavy atom. The van der Waals surface area contributed by atoms with Crippen LogP contribution in [0.15, 0.2) is 36.5 Å². The first-order chi connectivity index (χ1) is 11.2. The van der Waals surface area contributed by atoms with Crippen LogP contribution in [0.5, 0.6) is 0 Å². The highest BCUT2D eigenvalue weighted by molar-refractivity contribution is 5.95. The molecule has 1 N–H and O–H groups in total. The van der Waals surface area contributed by atoms with Crippen molar-refractivity contribution in [3.63, 3.8) is 0 Å². The molecule has 1 aromatic heterocycles. The number of carbonyl (C=O) groups is 1. The number of aromatic nitrogens is 2. The molecule has 122 valence electrons. The smallest absolute Gasteiger partial charge is 0.257 e. The van der Waals surface area contributed by atoms with Gasteiger partial charge in [-0.15, -0.1) is 0 Å². The second-order valence-electron chi connectivity index (χ2n) is 6.05. The minimum Gasteiger partial charge on any atom is -0.391 e. The Labute approximate surface area is 136 Å². The maximum absolute atomic E-state index is 12.8. The molecular formula is C18H23N3O2. The third kappa shape index (κ3) is 3.45. The van der Waals surface area contributed by atoms with Gasteiger partial charge in [0.2, 0.25) is 0 Å². The van der Waals surface area contributed by atoms with Gasteiger partial charge in [0.15, 0.2) is 0 Å². The Hall–Kier alpha value is -2.14. The summed E-state index contributed by atoms with van der Waals surface area (Å²) in [5.74, 6) is -0.0140. The van der Waals surface area contributed by atoms with Gasteiger partial charge in [-0.2, -0.15) is 5.10 Å². The van der Waals surface area contributed by atoms with Crippen LogP contribution in [0.25, 0.3) is 0 Å². The van der Waals surface area contributed by atoms with Gasteiger partial charge in [-0.3, -0.25) is 9.48 Å². The summed E-state index contributed by atoms with van der Waals surface area (Å²) in [5.41, 5.74) is 2.79. The fraction of sp³-hybridized carbons (Fsp3) is 0.444. The molecule has 2 aromatic rings. The minimum absolute atomic E-state index is 0.0140. The van der Waals surface area contributed by atoms with Gasteiger partial charge in [-0.05, 0) is 24.8 Å². The van der Waals surface area contributed by atoms with Gasteiger partial charge < -0.3 is 10.0 Å². The molecular weight excluding hydrogens is 290 g/mol. The van der Waals surface area contributed by atoms with Crippen LogP contribution in [0.3, 0.4) is 0 Å². The normalized spacial score (nSPS) is 18.2. The third-order valence-electron chi connectivity index (χ3n) is 4.37. The van der Waals surface area contributed by atoms with Gasteiger partial charge in [-0.1, -0.05) is 37.3 Å². The van der Waals surface area contributed by atoms with E-state index in [2.05, 4.69) is 17.2 Å². The molecule has 1 aliphatic heterocycles. The Morgan fingerprint density at radius 3 is 2.83 bits per heavy atom. The average Bonchev–Trinajstić information content (AvgIpc) is 2.97. The zero-order valence-electron chi connectivity index (χ0n) is 13.5. The first-order valence-corrected chi connectivity index (χ1v) is 8.25. The monoisotopic (exact) mass is 313 g/mol. The lowest BCUT2D eigenvalue weighted by molar-refractivity contribution is 0.0472. The van der Waals surface area contributed by atoms with Crippen molar-refractivity contribution >= 4 is 5.91 Å². The summed E-state index contributed by atoms with van der Waals surface area (Å²) in [7, 11) is 0. The molecule has 23 heavy (non-hydrogen) atoms. The zero-order chi connectivity index (χ0) is 16.2. The Balaban J connectivity index is 1.81. The summed E-state index contributed by atoms with van der Waals surface area (Å²) >= 11 is 0. The van der Waals surface area contributed by atoms with Crippen LogP contribution in [-0.4, -0.2) is 44.9 Å². The summed E-state index contributed by atoms with van der Waals surface area (Å²) in [6.45, 7) is 3.84. The topological polar surface area (TPSA) is 58.4 Å².